The predicted octanol–water partition coefficient (Wildman–Crippen LogP) is 3.33. The number of hydrogen-bond acceptors (Lipinski definition) is 7. The normalized spacial score (nSPS) is 23.4. The van der Waals surface area contributed by atoms with Gasteiger partial charge in [0.25, 0.3) is 0 Å². The lowest BCUT2D eigenvalue weighted by atomic mass is 9.91. The Hall–Kier alpha value is -3.70. The topological polar surface area (TPSA) is 104 Å². The number of alkyl halides is 3. The van der Waals surface area contributed by atoms with Gasteiger partial charge in [-0.05, 0) is 37.8 Å². The Kier molecular flexibility index (Phi) is 5.41. The minimum atomic E-state index is -4.55. The quantitative estimate of drug-likeness (QED) is 0.509. The van der Waals surface area contributed by atoms with Gasteiger partial charge >= 0.3 is 6.18 Å². The molecule has 2 aliphatic rings. The van der Waals surface area contributed by atoms with E-state index in [1.54, 1.807) is 18.5 Å². The Labute approximate surface area is 198 Å². The van der Waals surface area contributed by atoms with Gasteiger partial charge in [-0.2, -0.15) is 18.3 Å². The van der Waals surface area contributed by atoms with E-state index in [1.807, 2.05) is 0 Å². The number of aromatic amines is 1. The van der Waals surface area contributed by atoms with Crippen molar-refractivity contribution in [2.75, 3.05) is 18.5 Å². The molecular formula is C23H23F3N6O3. The summed E-state index contributed by atoms with van der Waals surface area (Å²) in [5.74, 6) is 0.154. The van der Waals surface area contributed by atoms with Gasteiger partial charge in [0.1, 0.15) is 11.4 Å². The van der Waals surface area contributed by atoms with Crippen LogP contribution in [0.5, 0.6) is 5.75 Å². The minimum absolute atomic E-state index is 0.133. The molecule has 35 heavy (non-hydrogen) atoms. The highest BCUT2D eigenvalue weighted by Gasteiger charge is 2.59. The van der Waals surface area contributed by atoms with Crippen LogP contribution in [0.3, 0.4) is 0 Å². The third-order valence-electron chi connectivity index (χ3n) is 7.13. The number of pyridine rings is 2. The van der Waals surface area contributed by atoms with E-state index < -0.39 is 28.8 Å². The Balaban J connectivity index is 1.31. The molecule has 0 atom stereocenters. The van der Waals surface area contributed by atoms with Crippen LogP contribution < -0.4 is 9.64 Å². The number of likely N-dealkylation sites (N-methyl/N-ethyl adjacent to an activating group) is 1. The lowest BCUT2D eigenvalue weighted by molar-refractivity contribution is -0.144. The highest BCUT2D eigenvalue weighted by Crippen LogP contribution is 2.55. The molecule has 2 amide bonds. The van der Waals surface area contributed by atoms with E-state index in [4.69, 9.17) is 4.74 Å². The van der Waals surface area contributed by atoms with E-state index in [0.29, 0.717) is 49.9 Å². The van der Waals surface area contributed by atoms with Crippen molar-refractivity contribution in [2.45, 2.75) is 49.4 Å². The number of carbonyl (C=O) groups is 2. The molecule has 5 rings (SSSR count). The molecule has 0 aromatic carbocycles. The molecule has 0 saturated heterocycles. The predicted molar refractivity (Wildman–Crippen MR) is 118 cm³/mol. The van der Waals surface area contributed by atoms with Gasteiger partial charge in [0.05, 0.1) is 41.1 Å². The van der Waals surface area contributed by atoms with Gasteiger partial charge in [-0.25, -0.2) is 4.98 Å². The molecule has 2 bridgehead atoms. The maximum Gasteiger partial charge on any atom is 0.417 e. The molecule has 184 valence electrons. The number of hydrogen-bond donors (Lipinski definition) is 1. The molecule has 0 radical (unpaired) electrons. The summed E-state index contributed by atoms with van der Waals surface area (Å²) >= 11 is 0. The molecular weight excluding hydrogens is 465 g/mol. The number of rotatable bonds is 7. The first-order chi connectivity index (χ1) is 16.6. The van der Waals surface area contributed by atoms with Crippen LogP contribution >= 0.6 is 0 Å². The number of ether oxygens (including phenoxy) is 1. The highest BCUT2D eigenvalue weighted by atomic mass is 19.4. The van der Waals surface area contributed by atoms with Gasteiger partial charge in [-0.1, -0.05) is 0 Å². The Bertz CT molecular complexity index is 1270. The summed E-state index contributed by atoms with van der Waals surface area (Å²) in [5.41, 5.74) is -1.37. The van der Waals surface area contributed by atoms with Crippen LogP contribution in [0, 0.1) is 0 Å². The summed E-state index contributed by atoms with van der Waals surface area (Å²) in [6.07, 6.45) is 4.24. The van der Waals surface area contributed by atoms with Gasteiger partial charge in [0, 0.05) is 25.9 Å². The molecule has 2 saturated carbocycles. The maximum atomic E-state index is 13.2. The first kappa shape index (κ1) is 23.1. The SMILES string of the molecule is CN(CC(=O)N(C=O)C12CCC(Oc3ccnc4[nH]ncc34)(CC1)C2)c1cncc(C(F)(F)F)c1. The largest absolute Gasteiger partial charge is 0.486 e. The van der Waals surface area contributed by atoms with Gasteiger partial charge in [-0.3, -0.25) is 24.6 Å². The first-order valence-electron chi connectivity index (χ1n) is 11.1. The second-order valence-corrected chi connectivity index (χ2v) is 9.28. The number of H-pyrrole nitrogens is 1. The van der Waals surface area contributed by atoms with Crippen molar-refractivity contribution in [3.8, 4) is 5.75 Å². The second-order valence-electron chi connectivity index (χ2n) is 9.28. The number of aromatic nitrogens is 4. The van der Waals surface area contributed by atoms with Crippen LogP contribution in [0.25, 0.3) is 11.0 Å². The van der Waals surface area contributed by atoms with Crippen LogP contribution in [-0.2, 0) is 15.8 Å². The van der Waals surface area contributed by atoms with E-state index in [-0.39, 0.29) is 12.2 Å². The van der Waals surface area contributed by atoms with Crippen LogP contribution in [0.15, 0.2) is 36.9 Å². The average Bonchev–Trinajstić information content (AvgIpc) is 3.53. The smallest absolute Gasteiger partial charge is 0.417 e. The molecule has 12 heteroatoms. The molecule has 3 heterocycles. The number of fused-ring (bicyclic) bond motifs is 3. The Morgan fingerprint density at radius 1 is 1.23 bits per heavy atom. The summed E-state index contributed by atoms with van der Waals surface area (Å²) in [5, 5.41) is 7.57. The van der Waals surface area contributed by atoms with E-state index in [0.717, 1.165) is 17.6 Å². The summed E-state index contributed by atoms with van der Waals surface area (Å²) < 4.78 is 45.6. The zero-order chi connectivity index (χ0) is 24.8. The monoisotopic (exact) mass is 488 g/mol. The van der Waals surface area contributed by atoms with Crippen LogP contribution in [0.1, 0.15) is 37.7 Å². The number of carbonyl (C=O) groups excluding carboxylic acids is 2. The van der Waals surface area contributed by atoms with E-state index in [9.17, 15) is 22.8 Å². The zero-order valence-corrected chi connectivity index (χ0v) is 18.9. The molecule has 9 nitrogen and oxygen atoms in total. The molecule has 0 aliphatic heterocycles. The van der Waals surface area contributed by atoms with Crippen molar-refractivity contribution in [1.29, 1.82) is 0 Å². The number of imide groups is 1. The third-order valence-corrected chi connectivity index (χ3v) is 7.13. The fourth-order valence-corrected chi connectivity index (χ4v) is 5.34. The van der Waals surface area contributed by atoms with Crippen molar-refractivity contribution in [3.05, 3.63) is 42.5 Å². The van der Waals surface area contributed by atoms with Crippen LogP contribution in [0.2, 0.25) is 0 Å². The van der Waals surface area contributed by atoms with Gasteiger partial charge < -0.3 is 9.64 Å². The van der Waals surface area contributed by atoms with Crippen molar-refractivity contribution >= 4 is 29.0 Å². The third kappa shape index (κ3) is 4.06. The lowest BCUT2D eigenvalue weighted by Gasteiger charge is -2.36. The van der Waals surface area contributed by atoms with Crippen LogP contribution in [-0.4, -0.2) is 62.1 Å². The van der Waals surface area contributed by atoms with Crippen molar-refractivity contribution < 1.29 is 27.5 Å². The second kappa shape index (κ2) is 8.21. The fourth-order valence-electron chi connectivity index (χ4n) is 5.34. The number of amides is 2. The van der Waals surface area contributed by atoms with E-state index in [1.165, 1.54) is 23.0 Å². The number of halogens is 3. The lowest BCUT2D eigenvalue weighted by Crippen LogP contribution is -2.51. The summed E-state index contributed by atoms with van der Waals surface area (Å²) in [6.45, 7) is -0.267. The first-order valence-corrected chi connectivity index (χ1v) is 11.1. The zero-order valence-electron chi connectivity index (χ0n) is 18.9. The molecule has 3 aromatic heterocycles. The highest BCUT2D eigenvalue weighted by molar-refractivity contribution is 5.90. The Morgan fingerprint density at radius 3 is 2.71 bits per heavy atom. The molecule has 2 fully saturated rings. The summed E-state index contributed by atoms with van der Waals surface area (Å²) in [6, 6.07) is 2.70. The summed E-state index contributed by atoms with van der Waals surface area (Å²) in [7, 11) is 1.49. The molecule has 2 aliphatic carbocycles. The van der Waals surface area contributed by atoms with E-state index in [2.05, 4.69) is 20.2 Å². The number of anilines is 1. The van der Waals surface area contributed by atoms with Gasteiger partial charge in [0.15, 0.2) is 5.65 Å². The number of nitrogens with one attached hydrogen (secondary N) is 1. The van der Waals surface area contributed by atoms with Crippen molar-refractivity contribution in [2.24, 2.45) is 0 Å². The van der Waals surface area contributed by atoms with E-state index >= 15 is 0 Å². The van der Waals surface area contributed by atoms with Crippen molar-refractivity contribution in [3.63, 3.8) is 0 Å². The van der Waals surface area contributed by atoms with Gasteiger partial charge in [0.2, 0.25) is 12.3 Å². The average molecular weight is 488 g/mol. The summed E-state index contributed by atoms with van der Waals surface area (Å²) in [4.78, 5) is 35.7. The Morgan fingerprint density at radius 2 is 2.00 bits per heavy atom. The van der Waals surface area contributed by atoms with Crippen LogP contribution in [0.4, 0.5) is 18.9 Å². The number of nitrogens with zero attached hydrogens (tertiary/aromatic N) is 5. The van der Waals surface area contributed by atoms with Crippen molar-refractivity contribution in [1.82, 2.24) is 25.1 Å². The minimum Gasteiger partial charge on any atom is -0.486 e. The van der Waals surface area contributed by atoms with Gasteiger partial charge in [-0.15, -0.1) is 0 Å². The molecule has 0 unspecified atom stereocenters. The standard InChI is InChI=1S/C23H23F3N6O3/c1-31(16-8-15(9-27-10-16)23(24,25)26)12-19(34)32(14-33)21-3-5-22(13-21,6-4-21)35-18-2-7-28-20-17(18)11-29-30-20/h2,7-11,14H,3-6,12-13H2,1H3,(H,28,29,30). The fraction of sp³-hybridized carbons (Fsp3) is 0.435. The molecule has 3 aromatic rings. The molecule has 1 N–H and O–H groups in total. The molecule has 0 spiro atoms. The maximum absolute atomic E-state index is 13.2.